The number of urea groups is 1. The number of nitrogens with one attached hydrogen (secondary N) is 1. The maximum absolute atomic E-state index is 12.1. The average Bonchev–Trinajstić information content (AvgIpc) is 2.53. The lowest BCUT2D eigenvalue weighted by molar-refractivity contribution is -0.137. The lowest BCUT2D eigenvalue weighted by Crippen LogP contribution is -2.41. The number of nitrogens with zero attached hydrogens (tertiary/aromatic N) is 1. The van der Waals surface area contributed by atoms with Gasteiger partial charge in [0.1, 0.15) is 5.75 Å². The Hall–Kier alpha value is -2.28. The van der Waals surface area contributed by atoms with Crippen molar-refractivity contribution in [3.05, 3.63) is 29.8 Å². The van der Waals surface area contributed by atoms with Crippen LogP contribution in [0.3, 0.4) is 0 Å². The molecule has 1 rings (SSSR count). The molecule has 0 aliphatic heterocycles. The van der Waals surface area contributed by atoms with Crippen LogP contribution >= 0.6 is 0 Å². The minimum absolute atomic E-state index is 0.0953. The monoisotopic (exact) mass is 324 g/mol. The molecule has 1 aromatic carbocycles. The number of aliphatic carboxylic acids is 1. The van der Waals surface area contributed by atoms with Crippen LogP contribution in [0, 0.1) is 0 Å². The zero-order chi connectivity index (χ0) is 17.2. The SMILES string of the molecule is CCOc1ccc(C(COC)NC(=O)N(C)CCC(=O)O)cc1. The number of hydrogen-bond acceptors (Lipinski definition) is 4. The summed E-state index contributed by atoms with van der Waals surface area (Å²) in [6.45, 7) is 2.96. The van der Waals surface area contributed by atoms with Gasteiger partial charge < -0.3 is 24.8 Å². The van der Waals surface area contributed by atoms with Crippen LogP contribution in [0.15, 0.2) is 24.3 Å². The quantitative estimate of drug-likeness (QED) is 0.724. The third-order valence-electron chi connectivity index (χ3n) is 3.23. The number of methoxy groups -OCH3 is 1. The van der Waals surface area contributed by atoms with Gasteiger partial charge in [-0.2, -0.15) is 0 Å². The number of amides is 2. The van der Waals surface area contributed by atoms with E-state index in [0.29, 0.717) is 13.2 Å². The first kappa shape index (κ1) is 18.8. The fourth-order valence-corrected chi connectivity index (χ4v) is 1.98. The molecule has 0 aromatic heterocycles. The summed E-state index contributed by atoms with van der Waals surface area (Å²) >= 11 is 0. The minimum atomic E-state index is -0.940. The second kappa shape index (κ2) is 9.68. The molecule has 1 aromatic rings. The maximum atomic E-state index is 12.1. The van der Waals surface area contributed by atoms with Crippen LogP contribution in [0.4, 0.5) is 4.79 Å². The van der Waals surface area contributed by atoms with E-state index in [1.54, 1.807) is 14.2 Å². The minimum Gasteiger partial charge on any atom is -0.494 e. The molecule has 2 N–H and O–H groups in total. The standard InChI is InChI=1S/C16H24N2O5/c1-4-23-13-7-5-12(6-8-13)14(11-22-3)17-16(21)18(2)10-9-15(19)20/h5-8,14H,4,9-11H2,1-3H3,(H,17,21)(H,19,20). The second-order valence-corrected chi connectivity index (χ2v) is 5.02. The molecule has 0 spiro atoms. The number of ether oxygens (including phenoxy) is 2. The molecule has 0 heterocycles. The van der Waals surface area contributed by atoms with Crippen molar-refractivity contribution in [1.82, 2.24) is 10.2 Å². The molecule has 23 heavy (non-hydrogen) atoms. The normalized spacial score (nSPS) is 11.6. The summed E-state index contributed by atoms with van der Waals surface area (Å²) in [5, 5.41) is 11.5. The molecule has 0 aliphatic rings. The van der Waals surface area contributed by atoms with Gasteiger partial charge in [-0.25, -0.2) is 4.79 Å². The summed E-state index contributed by atoms with van der Waals surface area (Å²) in [5.74, 6) is -0.179. The molecule has 128 valence electrons. The van der Waals surface area contributed by atoms with E-state index < -0.39 is 5.97 Å². The maximum Gasteiger partial charge on any atom is 0.317 e. The van der Waals surface area contributed by atoms with E-state index in [0.717, 1.165) is 11.3 Å². The van der Waals surface area contributed by atoms with Crippen LogP contribution in [-0.4, -0.2) is 55.9 Å². The number of carbonyl (C=O) groups is 2. The number of rotatable bonds is 9. The first-order valence-electron chi connectivity index (χ1n) is 7.43. The summed E-state index contributed by atoms with van der Waals surface area (Å²) in [7, 11) is 3.11. The number of carbonyl (C=O) groups excluding carboxylic acids is 1. The van der Waals surface area contributed by atoms with Crippen molar-refractivity contribution < 1.29 is 24.2 Å². The van der Waals surface area contributed by atoms with E-state index in [9.17, 15) is 9.59 Å². The van der Waals surface area contributed by atoms with Gasteiger partial charge >= 0.3 is 12.0 Å². The Morgan fingerprint density at radius 3 is 2.48 bits per heavy atom. The Morgan fingerprint density at radius 2 is 1.96 bits per heavy atom. The van der Waals surface area contributed by atoms with Crippen molar-refractivity contribution in [2.24, 2.45) is 0 Å². The van der Waals surface area contributed by atoms with Crippen LogP contribution in [-0.2, 0) is 9.53 Å². The number of carboxylic acids is 1. The van der Waals surface area contributed by atoms with E-state index in [1.165, 1.54) is 4.90 Å². The first-order valence-corrected chi connectivity index (χ1v) is 7.43. The summed E-state index contributed by atoms with van der Waals surface area (Å²) in [4.78, 5) is 24.0. The van der Waals surface area contributed by atoms with Crippen molar-refractivity contribution in [3.8, 4) is 5.75 Å². The van der Waals surface area contributed by atoms with Crippen molar-refractivity contribution in [2.75, 3.05) is 33.9 Å². The largest absolute Gasteiger partial charge is 0.494 e. The molecule has 0 aliphatic carbocycles. The molecule has 0 bridgehead atoms. The molecule has 2 amide bonds. The predicted octanol–water partition coefficient (Wildman–Crippen LogP) is 1.89. The highest BCUT2D eigenvalue weighted by Gasteiger charge is 2.17. The second-order valence-electron chi connectivity index (χ2n) is 5.02. The fourth-order valence-electron chi connectivity index (χ4n) is 1.98. The van der Waals surface area contributed by atoms with E-state index in [4.69, 9.17) is 14.6 Å². The lowest BCUT2D eigenvalue weighted by atomic mass is 10.1. The molecule has 0 fully saturated rings. The van der Waals surface area contributed by atoms with Crippen LogP contribution in [0.2, 0.25) is 0 Å². The summed E-state index contributed by atoms with van der Waals surface area (Å²) < 4.78 is 10.5. The summed E-state index contributed by atoms with van der Waals surface area (Å²) in [6.07, 6.45) is -0.0953. The molecule has 7 heteroatoms. The summed E-state index contributed by atoms with van der Waals surface area (Å²) in [5.41, 5.74) is 0.885. The van der Waals surface area contributed by atoms with E-state index in [1.807, 2.05) is 31.2 Å². The Kier molecular flexibility index (Phi) is 7.90. The fraction of sp³-hybridized carbons (Fsp3) is 0.500. The number of hydrogen-bond donors (Lipinski definition) is 2. The van der Waals surface area contributed by atoms with E-state index >= 15 is 0 Å². The van der Waals surface area contributed by atoms with Crippen LogP contribution < -0.4 is 10.1 Å². The third kappa shape index (κ3) is 6.56. The molecule has 0 radical (unpaired) electrons. The van der Waals surface area contributed by atoms with Crippen molar-refractivity contribution in [2.45, 2.75) is 19.4 Å². The molecule has 0 saturated heterocycles. The molecule has 0 saturated carbocycles. The van der Waals surface area contributed by atoms with E-state index in [-0.39, 0.29) is 25.0 Å². The highest BCUT2D eigenvalue weighted by atomic mass is 16.5. The molecular weight excluding hydrogens is 300 g/mol. The van der Waals surface area contributed by atoms with Crippen LogP contribution in [0.1, 0.15) is 24.9 Å². The van der Waals surface area contributed by atoms with Crippen LogP contribution in [0.5, 0.6) is 5.75 Å². The van der Waals surface area contributed by atoms with Gasteiger partial charge in [0.15, 0.2) is 0 Å². The van der Waals surface area contributed by atoms with Gasteiger partial charge in [0.05, 0.1) is 25.7 Å². The van der Waals surface area contributed by atoms with Crippen molar-refractivity contribution in [1.29, 1.82) is 0 Å². The predicted molar refractivity (Wildman–Crippen MR) is 85.6 cm³/mol. The molecular formula is C16H24N2O5. The molecule has 1 atom stereocenters. The number of benzene rings is 1. The first-order chi connectivity index (χ1) is 11.0. The van der Waals surface area contributed by atoms with Crippen molar-refractivity contribution in [3.63, 3.8) is 0 Å². The van der Waals surface area contributed by atoms with Crippen LogP contribution in [0.25, 0.3) is 0 Å². The highest BCUT2D eigenvalue weighted by Crippen LogP contribution is 2.18. The zero-order valence-electron chi connectivity index (χ0n) is 13.7. The van der Waals surface area contributed by atoms with Gasteiger partial charge in [0.2, 0.25) is 0 Å². The third-order valence-corrected chi connectivity index (χ3v) is 3.23. The highest BCUT2D eigenvalue weighted by molar-refractivity contribution is 5.75. The van der Waals surface area contributed by atoms with Crippen molar-refractivity contribution >= 4 is 12.0 Å². The topological polar surface area (TPSA) is 88.1 Å². The van der Waals surface area contributed by atoms with Gasteiger partial charge in [-0.1, -0.05) is 12.1 Å². The number of carboxylic acid groups (broad SMARTS) is 1. The van der Waals surface area contributed by atoms with Gasteiger partial charge in [-0.05, 0) is 24.6 Å². The molecule has 7 nitrogen and oxygen atoms in total. The Morgan fingerprint density at radius 1 is 1.30 bits per heavy atom. The van der Waals surface area contributed by atoms with Gasteiger partial charge in [0, 0.05) is 20.7 Å². The zero-order valence-corrected chi connectivity index (χ0v) is 13.7. The molecule has 1 unspecified atom stereocenters. The van der Waals surface area contributed by atoms with Gasteiger partial charge in [-0.15, -0.1) is 0 Å². The Balaban J connectivity index is 2.69. The van der Waals surface area contributed by atoms with Gasteiger partial charge in [0.25, 0.3) is 0 Å². The lowest BCUT2D eigenvalue weighted by Gasteiger charge is -2.23. The average molecular weight is 324 g/mol. The summed E-state index contributed by atoms with van der Waals surface area (Å²) in [6, 6.07) is 6.74. The Bertz CT molecular complexity index is 504. The van der Waals surface area contributed by atoms with E-state index in [2.05, 4.69) is 5.32 Å². The smallest absolute Gasteiger partial charge is 0.317 e. The van der Waals surface area contributed by atoms with Gasteiger partial charge in [-0.3, -0.25) is 4.79 Å². The Labute approximate surface area is 136 Å².